The molecule has 0 spiro atoms. The lowest BCUT2D eigenvalue weighted by atomic mass is 9.77. The lowest BCUT2D eigenvalue weighted by Gasteiger charge is -2.28. The summed E-state index contributed by atoms with van der Waals surface area (Å²) in [6.07, 6.45) is 5.74. The summed E-state index contributed by atoms with van der Waals surface area (Å²) in [7, 11) is 0. The Morgan fingerprint density at radius 1 is 1.21 bits per heavy atom. The van der Waals surface area contributed by atoms with Crippen LogP contribution in [-0.4, -0.2) is 45.0 Å². The highest BCUT2D eigenvalue weighted by atomic mass is 127. The van der Waals surface area contributed by atoms with Gasteiger partial charge in [-0.3, -0.25) is 0 Å². The Balaban J connectivity index is 1.74. The largest absolute Gasteiger partial charge is 0.507 e. The molecular formula is C25H27Cl2IN2O4. The average molecular weight is 617 g/mol. The Morgan fingerprint density at radius 2 is 1.94 bits per heavy atom. The molecule has 0 bridgehead atoms. The van der Waals surface area contributed by atoms with E-state index in [4.69, 9.17) is 32.7 Å². The number of aliphatic hydroxyl groups is 2. The van der Waals surface area contributed by atoms with Gasteiger partial charge in [0.05, 0.1) is 23.4 Å². The van der Waals surface area contributed by atoms with Crippen molar-refractivity contribution in [1.82, 2.24) is 9.55 Å². The number of halogens is 3. The predicted octanol–water partition coefficient (Wildman–Crippen LogP) is 6.21. The Labute approximate surface area is 223 Å². The first-order valence-corrected chi connectivity index (χ1v) is 13.0. The zero-order valence-electron chi connectivity index (χ0n) is 18.9. The highest BCUT2D eigenvalue weighted by Gasteiger charge is 2.26. The maximum atomic E-state index is 10.0. The van der Waals surface area contributed by atoms with Gasteiger partial charge in [-0.2, -0.15) is 0 Å². The SMILES string of the molecule is CC(C)(c1ccc(OC/C(O)=C/n2ccnc2)cc1)c1cc(Cl)c(OC[C@H](O)CCl)c(CI)c1. The maximum Gasteiger partial charge on any atom is 0.146 e. The molecular weight excluding hydrogens is 590 g/mol. The van der Waals surface area contributed by atoms with Gasteiger partial charge in [0, 0.05) is 27.8 Å². The van der Waals surface area contributed by atoms with Crippen LogP contribution in [0.25, 0.3) is 6.20 Å². The number of benzene rings is 2. The molecule has 2 N–H and O–H groups in total. The van der Waals surface area contributed by atoms with Crippen LogP contribution in [0.4, 0.5) is 0 Å². The van der Waals surface area contributed by atoms with Gasteiger partial charge in [-0.15, -0.1) is 11.6 Å². The minimum atomic E-state index is -0.750. The molecule has 0 aliphatic heterocycles. The number of aliphatic hydroxyl groups excluding tert-OH is 2. The molecule has 0 amide bonds. The van der Waals surface area contributed by atoms with Crippen LogP contribution in [0.2, 0.25) is 5.02 Å². The van der Waals surface area contributed by atoms with Gasteiger partial charge >= 0.3 is 0 Å². The number of alkyl halides is 2. The second kappa shape index (κ2) is 12.2. The highest BCUT2D eigenvalue weighted by Crippen LogP contribution is 2.39. The zero-order chi connectivity index (χ0) is 24.7. The maximum absolute atomic E-state index is 10.0. The molecule has 0 saturated heterocycles. The normalized spacial score (nSPS) is 13.1. The monoisotopic (exact) mass is 616 g/mol. The van der Waals surface area contributed by atoms with Crippen LogP contribution in [0, 0.1) is 0 Å². The molecule has 0 unspecified atom stereocenters. The Kier molecular flexibility index (Phi) is 9.53. The molecule has 1 atom stereocenters. The topological polar surface area (TPSA) is 76.7 Å². The third-order valence-corrected chi connectivity index (χ3v) is 6.83. The molecule has 0 aliphatic rings. The second-order valence-electron chi connectivity index (χ2n) is 8.27. The van der Waals surface area contributed by atoms with Crippen molar-refractivity contribution >= 4 is 52.0 Å². The summed E-state index contributed by atoms with van der Waals surface area (Å²) < 4.78 is 13.8. The van der Waals surface area contributed by atoms with Crippen LogP contribution in [0.15, 0.2) is 60.9 Å². The van der Waals surface area contributed by atoms with E-state index in [1.54, 1.807) is 29.5 Å². The van der Waals surface area contributed by atoms with Crippen molar-refractivity contribution in [3.05, 3.63) is 82.6 Å². The van der Waals surface area contributed by atoms with Crippen LogP contribution in [-0.2, 0) is 9.84 Å². The quantitative estimate of drug-likeness (QED) is 0.152. The summed E-state index contributed by atoms with van der Waals surface area (Å²) in [6.45, 7) is 4.39. The summed E-state index contributed by atoms with van der Waals surface area (Å²) >= 11 is 14.5. The van der Waals surface area contributed by atoms with Crippen LogP contribution >= 0.6 is 45.8 Å². The van der Waals surface area contributed by atoms with Gasteiger partial charge < -0.3 is 24.3 Å². The molecule has 34 heavy (non-hydrogen) atoms. The van der Waals surface area contributed by atoms with E-state index in [9.17, 15) is 10.2 Å². The smallest absolute Gasteiger partial charge is 0.146 e. The lowest BCUT2D eigenvalue weighted by Crippen LogP contribution is -2.21. The standard InChI is InChI=1S/C25H27Cl2IN2O4/c1-25(2,19-9-17(12-28)24(23(27)10-19)34-14-20(31)11-26)18-3-5-22(6-4-18)33-15-21(32)13-30-8-7-29-16-30/h3-10,13,16,20,31-32H,11-12,14-15H2,1-2H3/b21-13-/t20-/m1/s1. The minimum absolute atomic E-state index is 0.0510. The molecule has 1 aromatic heterocycles. The van der Waals surface area contributed by atoms with E-state index < -0.39 is 6.10 Å². The fourth-order valence-corrected chi connectivity index (χ4v) is 4.29. The summed E-state index contributed by atoms with van der Waals surface area (Å²) in [6, 6.07) is 11.8. The molecule has 0 radical (unpaired) electrons. The first-order chi connectivity index (χ1) is 16.2. The molecule has 6 nitrogen and oxygen atoms in total. The number of aromatic nitrogens is 2. The van der Waals surface area contributed by atoms with Gasteiger partial charge in [-0.05, 0) is 29.3 Å². The van der Waals surface area contributed by atoms with Gasteiger partial charge in [0.2, 0.25) is 0 Å². The Hall–Kier alpha value is -1.94. The molecule has 2 aromatic carbocycles. The van der Waals surface area contributed by atoms with Gasteiger partial charge in [-0.25, -0.2) is 4.98 Å². The number of hydrogen-bond acceptors (Lipinski definition) is 5. The summed E-state index contributed by atoms with van der Waals surface area (Å²) in [5.41, 5.74) is 2.75. The van der Waals surface area contributed by atoms with Crippen molar-refractivity contribution in [1.29, 1.82) is 0 Å². The molecule has 0 aliphatic carbocycles. The van der Waals surface area contributed by atoms with Crippen LogP contribution in [0.3, 0.4) is 0 Å². The molecule has 182 valence electrons. The van der Waals surface area contributed by atoms with Crippen LogP contribution < -0.4 is 9.47 Å². The van der Waals surface area contributed by atoms with Gasteiger partial charge in [0.1, 0.15) is 36.6 Å². The van der Waals surface area contributed by atoms with Crippen molar-refractivity contribution < 1.29 is 19.7 Å². The predicted molar refractivity (Wildman–Crippen MR) is 145 cm³/mol. The molecule has 0 fully saturated rings. The van der Waals surface area contributed by atoms with Crippen molar-refractivity contribution in [3.63, 3.8) is 0 Å². The van der Waals surface area contributed by atoms with Crippen molar-refractivity contribution in [3.8, 4) is 11.5 Å². The number of nitrogens with zero attached hydrogens (tertiary/aromatic N) is 2. The van der Waals surface area contributed by atoms with E-state index in [-0.39, 0.29) is 30.3 Å². The van der Waals surface area contributed by atoms with Crippen molar-refractivity contribution in [2.45, 2.75) is 29.8 Å². The second-order valence-corrected chi connectivity index (χ2v) is 9.75. The van der Waals surface area contributed by atoms with E-state index >= 15 is 0 Å². The molecule has 9 heteroatoms. The Bertz CT molecular complexity index is 1100. The van der Waals surface area contributed by atoms with Crippen LogP contribution in [0.1, 0.15) is 30.5 Å². The van der Waals surface area contributed by atoms with E-state index in [1.165, 1.54) is 0 Å². The van der Waals surface area contributed by atoms with E-state index in [1.807, 2.05) is 30.3 Å². The molecule has 1 heterocycles. The number of hydrogen-bond donors (Lipinski definition) is 2. The van der Waals surface area contributed by atoms with Crippen molar-refractivity contribution in [2.75, 3.05) is 19.1 Å². The highest BCUT2D eigenvalue weighted by molar-refractivity contribution is 14.1. The lowest BCUT2D eigenvalue weighted by molar-refractivity contribution is 0.125. The Morgan fingerprint density at radius 3 is 2.56 bits per heavy atom. The number of imidazole rings is 1. The summed E-state index contributed by atoms with van der Waals surface area (Å²) in [5, 5.41) is 20.3. The average Bonchev–Trinajstić information content (AvgIpc) is 3.34. The minimum Gasteiger partial charge on any atom is -0.507 e. The molecule has 3 rings (SSSR count). The summed E-state index contributed by atoms with van der Waals surface area (Å²) in [5.74, 6) is 1.41. The third-order valence-electron chi connectivity index (χ3n) is 5.37. The first kappa shape index (κ1) is 26.7. The molecule has 3 aromatic rings. The van der Waals surface area contributed by atoms with E-state index in [0.717, 1.165) is 16.7 Å². The fourth-order valence-electron chi connectivity index (χ4n) is 3.34. The number of ether oxygens (including phenoxy) is 2. The zero-order valence-corrected chi connectivity index (χ0v) is 22.6. The van der Waals surface area contributed by atoms with Gasteiger partial charge in [0.15, 0.2) is 0 Å². The fraction of sp³-hybridized carbons (Fsp3) is 0.320. The first-order valence-electron chi connectivity index (χ1n) is 10.6. The van der Waals surface area contributed by atoms with E-state index in [2.05, 4.69) is 47.5 Å². The molecule has 0 saturated carbocycles. The van der Waals surface area contributed by atoms with Crippen LogP contribution in [0.5, 0.6) is 11.5 Å². The van der Waals surface area contributed by atoms with Gasteiger partial charge in [0.25, 0.3) is 0 Å². The van der Waals surface area contributed by atoms with E-state index in [0.29, 0.717) is 20.9 Å². The summed E-state index contributed by atoms with van der Waals surface area (Å²) in [4.78, 5) is 3.93. The van der Waals surface area contributed by atoms with Gasteiger partial charge in [-0.1, -0.05) is 66.2 Å². The van der Waals surface area contributed by atoms with Crippen molar-refractivity contribution in [2.24, 2.45) is 0 Å². The third kappa shape index (κ3) is 6.81. The number of rotatable bonds is 11.